The molecule has 1 saturated carbocycles. The summed E-state index contributed by atoms with van der Waals surface area (Å²) in [6.07, 6.45) is 6.19. The number of fused-ring (bicyclic) bond motifs is 1. The van der Waals surface area contributed by atoms with E-state index in [4.69, 9.17) is 18.0 Å². The Hall–Kier alpha value is 0.708. The largest absolute Gasteiger partial charge is 0.415 e. The predicted molar refractivity (Wildman–Crippen MR) is 162 cm³/mol. The molecular weight excluding hydrogens is 501 g/mol. The van der Waals surface area contributed by atoms with E-state index in [2.05, 4.69) is 100 Å². The number of ether oxygens (including phenoxy) is 1. The molecule has 1 aliphatic carbocycles. The van der Waals surface area contributed by atoms with Crippen LogP contribution in [0.3, 0.4) is 0 Å². The zero-order valence-corrected chi connectivity index (χ0v) is 30.1. The Morgan fingerprint density at radius 3 is 1.89 bits per heavy atom. The first-order valence-electron chi connectivity index (χ1n) is 14.2. The first-order chi connectivity index (χ1) is 15.5. The van der Waals surface area contributed by atoms with Crippen molar-refractivity contribution in [3.63, 3.8) is 0 Å². The van der Waals surface area contributed by atoms with Gasteiger partial charge in [-0.2, -0.15) is 0 Å². The summed E-state index contributed by atoms with van der Waals surface area (Å²) >= 11 is 0. The minimum absolute atomic E-state index is 0.0498. The highest BCUT2D eigenvalue weighted by Crippen LogP contribution is 2.45. The Morgan fingerprint density at radius 2 is 1.40 bits per heavy atom. The highest BCUT2D eigenvalue weighted by Gasteiger charge is 2.51. The maximum absolute atomic E-state index is 7.38. The normalized spacial score (nSPS) is 27.7. The third-order valence-corrected chi connectivity index (χ3v) is 22.6. The highest BCUT2D eigenvalue weighted by atomic mass is 28.4. The van der Waals surface area contributed by atoms with Gasteiger partial charge in [0, 0.05) is 10.8 Å². The van der Waals surface area contributed by atoms with Gasteiger partial charge in [0.2, 0.25) is 8.32 Å². The second kappa shape index (κ2) is 10.7. The van der Waals surface area contributed by atoms with Gasteiger partial charge in [-0.3, -0.25) is 0 Å². The lowest BCUT2D eigenvalue weighted by Crippen LogP contribution is -2.61. The zero-order chi connectivity index (χ0) is 27.3. The average molecular weight is 561 g/mol. The molecule has 0 bridgehead atoms. The lowest BCUT2D eigenvalue weighted by Gasteiger charge is -2.51. The third-order valence-electron chi connectivity index (χ3n) is 9.46. The van der Waals surface area contributed by atoms with Crippen LogP contribution in [0.2, 0.25) is 70.5 Å². The molecule has 8 heteroatoms. The van der Waals surface area contributed by atoms with Crippen molar-refractivity contribution in [1.29, 1.82) is 0 Å². The molecule has 0 aromatic heterocycles. The van der Waals surface area contributed by atoms with Crippen LogP contribution in [0.15, 0.2) is 0 Å². The fourth-order valence-electron chi connectivity index (χ4n) is 5.66. The summed E-state index contributed by atoms with van der Waals surface area (Å²) in [5, 5.41) is -0.0498. The van der Waals surface area contributed by atoms with E-state index in [0.717, 1.165) is 5.92 Å². The molecule has 4 nitrogen and oxygen atoms in total. The van der Waals surface area contributed by atoms with Gasteiger partial charge in [-0.1, -0.05) is 33.0 Å². The highest BCUT2D eigenvalue weighted by molar-refractivity contribution is 6.81. The first kappa shape index (κ1) is 31.9. The molecular formula is C27H60O4Si4. The number of hydrogen-bond acceptors (Lipinski definition) is 4. The van der Waals surface area contributed by atoms with Crippen molar-refractivity contribution in [2.45, 2.75) is 166 Å². The summed E-state index contributed by atoms with van der Waals surface area (Å²) in [6, 6.07) is 1.17. The van der Waals surface area contributed by atoms with Crippen LogP contribution >= 0.6 is 0 Å². The van der Waals surface area contributed by atoms with E-state index in [1.807, 2.05) is 0 Å². The molecule has 6 unspecified atom stereocenters. The second-order valence-corrected chi connectivity index (χ2v) is 34.1. The molecule has 208 valence electrons. The Balaban J connectivity index is 2.20. The van der Waals surface area contributed by atoms with Gasteiger partial charge in [0.1, 0.15) is 0 Å². The fraction of sp³-hybridized carbons (Fsp3) is 1.00. The predicted octanol–water partition coefficient (Wildman–Crippen LogP) is 8.36. The molecule has 2 rings (SSSR count). The summed E-state index contributed by atoms with van der Waals surface area (Å²) in [7, 11) is -7.37. The number of rotatable bonds is 13. The van der Waals surface area contributed by atoms with Gasteiger partial charge in [0.05, 0.1) is 31.6 Å². The number of epoxide rings is 1. The zero-order valence-electron chi connectivity index (χ0n) is 26.1. The number of hydrogen-bond donors (Lipinski definition) is 0. The van der Waals surface area contributed by atoms with Crippen molar-refractivity contribution in [1.82, 2.24) is 0 Å². The van der Waals surface area contributed by atoms with Gasteiger partial charge in [-0.25, -0.2) is 0 Å². The Kier molecular flexibility index (Phi) is 9.76. The standard InChI is InChI=1S/C27H60O4Si4/c1-21(34(13,14)31-27(5,6)32(7,8)9)26(3,4)30-35(15,22(2)29-33(10,11)12)19-18-23-16-17-24-25(20-23)28-24/h21-25H,16-20H2,1-15H3. The van der Waals surface area contributed by atoms with Crippen molar-refractivity contribution >= 4 is 33.0 Å². The van der Waals surface area contributed by atoms with Gasteiger partial charge in [0.25, 0.3) is 0 Å². The van der Waals surface area contributed by atoms with Crippen LogP contribution in [0.1, 0.15) is 67.2 Å². The van der Waals surface area contributed by atoms with Crippen LogP contribution in [0, 0.1) is 5.92 Å². The fourth-order valence-corrected chi connectivity index (χ4v) is 17.2. The van der Waals surface area contributed by atoms with Gasteiger partial charge in [-0.05, 0) is 105 Å². The molecule has 1 aliphatic heterocycles. The van der Waals surface area contributed by atoms with Crippen LogP contribution in [-0.4, -0.2) is 61.8 Å². The van der Waals surface area contributed by atoms with Crippen molar-refractivity contribution in [2.24, 2.45) is 5.92 Å². The van der Waals surface area contributed by atoms with Crippen LogP contribution in [0.5, 0.6) is 0 Å². The Bertz CT molecular complexity index is 713. The molecule has 0 radical (unpaired) electrons. The van der Waals surface area contributed by atoms with Crippen molar-refractivity contribution < 1.29 is 18.0 Å². The van der Waals surface area contributed by atoms with E-state index in [9.17, 15) is 0 Å². The molecule has 1 saturated heterocycles. The third kappa shape index (κ3) is 8.60. The van der Waals surface area contributed by atoms with Gasteiger partial charge in [0.15, 0.2) is 16.6 Å². The first-order valence-corrected chi connectivity index (χ1v) is 26.8. The molecule has 0 aromatic carbocycles. The molecule has 0 aromatic rings. The van der Waals surface area contributed by atoms with E-state index in [0.29, 0.717) is 17.7 Å². The molecule has 2 fully saturated rings. The van der Waals surface area contributed by atoms with Crippen LogP contribution in [-0.2, 0) is 18.0 Å². The maximum atomic E-state index is 7.38. The van der Waals surface area contributed by atoms with Gasteiger partial charge >= 0.3 is 0 Å². The summed E-state index contributed by atoms with van der Waals surface area (Å²) in [5.74, 6) is 0.778. The summed E-state index contributed by atoms with van der Waals surface area (Å²) in [6.45, 7) is 35.4. The molecule has 35 heavy (non-hydrogen) atoms. The molecule has 0 N–H and O–H groups in total. The van der Waals surface area contributed by atoms with E-state index in [1.54, 1.807) is 0 Å². The summed E-state index contributed by atoms with van der Waals surface area (Å²) in [4.78, 5) is 0. The SMILES string of the molecule is CC(C(C)(C)O[Si](C)(CCC1CCC2OC2C1)C(C)O[Si](C)(C)C)[Si](C)(C)OC(C)(C)[Si](C)(C)C. The average Bonchev–Trinajstić information content (AvgIpc) is 3.41. The lowest BCUT2D eigenvalue weighted by atomic mass is 9.88. The molecule has 0 amide bonds. The smallest absolute Gasteiger partial charge is 0.217 e. The summed E-state index contributed by atoms with van der Waals surface area (Å²) < 4.78 is 27.0. The van der Waals surface area contributed by atoms with E-state index in [1.165, 1.54) is 31.7 Å². The van der Waals surface area contributed by atoms with Gasteiger partial charge < -0.3 is 18.0 Å². The van der Waals surface area contributed by atoms with Crippen LogP contribution in [0.4, 0.5) is 0 Å². The van der Waals surface area contributed by atoms with E-state index < -0.39 is 33.0 Å². The maximum Gasteiger partial charge on any atom is 0.217 e. The second-order valence-electron chi connectivity index (χ2n) is 15.5. The Morgan fingerprint density at radius 1 is 0.829 bits per heavy atom. The topological polar surface area (TPSA) is 40.2 Å². The van der Waals surface area contributed by atoms with Crippen molar-refractivity contribution in [2.75, 3.05) is 0 Å². The minimum atomic E-state index is -2.18. The van der Waals surface area contributed by atoms with E-state index in [-0.39, 0.29) is 16.6 Å². The quantitative estimate of drug-likeness (QED) is 0.168. The molecule has 6 atom stereocenters. The van der Waals surface area contributed by atoms with Crippen LogP contribution in [0.25, 0.3) is 0 Å². The van der Waals surface area contributed by atoms with E-state index >= 15 is 0 Å². The van der Waals surface area contributed by atoms with Crippen molar-refractivity contribution in [3.8, 4) is 0 Å². The van der Waals surface area contributed by atoms with Crippen LogP contribution < -0.4 is 0 Å². The molecule has 1 heterocycles. The monoisotopic (exact) mass is 560 g/mol. The lowest BCUT2D eigenvalue weighted by molar-refractivity contribution is 0.0608. The van der Waals surface area contributed by atoms with Crippen molar-refractivity contribution in [3.05, 3.63) is 0 Å². The summed E-state index contributed by atoms with van der Waals surface area (Å²) in [5.41, 5.74) is 0.311. The Labute approximate surface area is 223 Å². The van der Waals surface area contributed by atoms with Gasteiger partial charge in [-0.15, -0.1) is 0 Å². The molecule has 2 aliphatic rings. The minimum Gasteiger partial charge on any atom is -0.415 e. The molecule has 0 spiro atoms.